The van der Waals surface area contributed by atoms with E-state index in [0.29, 0.717) is 18.8 Å². The van der Waals surface area contributed by atoms with Crippen LogP contribution >= 0.6 is 0 Å². The van der Waals surface area contributed by atoms with Crippen molar-refractivity contribution in [2.24, 2.45) is 0 Å². The van der Waals surface area contributed by atoms with Crippen molar-refractivity contribution in [3.8, 4) is 0 Å². The first-order valence-electron chi connectivity index (χ1n) is 6.71. The molecule has 0 bridgehead atoms. The number of pyridine rings is 1. The van der Waals surface area contributed by atoms with Gasteiger partial charge in [0, 0.05) is 19.7 Å². The Balaban J connectivity index is 2.01. The lowest BCUT2D eigenvalue weighted by Gasteiger charge is -2.15. The Kier molecular flexibility index (Phi) is 3.14. The molecule has 0 radical (unpaired) electrons. The monoisotopic (exact) mass is 268 g/mol. The second-order valence-corrected chi connectivity index (χ2v) is 5.03. The Hall–Kier alpha value is -2.36. The molecule has 0 unspecified atom stereocenters. The molecule has 0 N–H and O–H groups in total. The van der Waals surface area contributed by atoms with Crippen LogP contribution in [0.3, 0.4) is 0 Å². The summed E-state index contributed by atoms with van der Waals surface area (Å²) in [5.74, 6) is -0.0710. The quantitative estimate of drug-likeness (QED) is 0.833. The zero-order valence-electron chi connectivity index (χ0n) is 11.4. The molecule has 3 rings (SSSR count). The van der Waals surface area contributed by atoms with Crippen molar-refractivity contribution in [3.05, 3.63) is 64.1 Å². The minimum absolute atomic E-state index is 0.0710. The van der Waals surface area contributed by atoms with E-state index >= 15 is 0 Å². The maximum absolute atomic E-state index is 12.5. The van der Waals surface area contributed by atoms with Gasteiger partial charge < -0.3 is 9.47 Å². The van der Waals surface area contributed by atoms with Crippen molar-refractivity contribution in [1.82, 2.24) is 4.57 Å². The first-order valence-corrected chi connectivity index (χ1v) is 6.71. The fraction of sp³-hybridized carbons (Fsp3) is 0.250. The van der Waals surface area contributed by atoms with Gasteiger partial charge in [-0.05, 0) is 23.6 Å². The van der Waals surface area contributed by atoms with Crippen LogP contribution in [-0.2, 0) is 17.8 Å². The van der Waals surface area contributed by atoms with Crippen LogP contribution in [0.4, 0.5) is 5.69 Å². The molecule has 1 aromatic heterocycles. The molecule has 1 amide bonds. The van der Waals surface area contributed by atoms with Crippen LogP contribution in [0.5, 0.6) is 0 Å². The molecular formula is C16H16N2O2. The smallest absolute Gasteiger partial charge is 0.275 e. The van der Waals surface area contributed by atoms with Gasteiger partial charge in [-0.3, -0.25) is 9.59 Å². The zero-order chi connectivity index (χ0) is 14.1. The van der Waals surface area contributed by atoms with Crippen LogP contribution in [0.25, 0.3) is 0 Å². The number of fused-ring (bicyclic) bond motifs is 1. The number of rotatable bonds is 2. The summed E-state index contributed by atoms with van der Waals surface area (Å²) in [7, 11) is 0. The molecule has 0 atom stereocenters. The predicted molar refractivity (Wildman–Crippen MR) is 78.0 cm³/mol. The van der Waals surface area contributed by atoms with E-state index in [0.717, 1.165) is 17.5 Å². The third kappa shape index (κ3) is 2.13. The number of hydrogen-bond donors (Lipinski definition) is 0. The van der Waals surface area contributed by atoms with Crippen LogP contribution in [0.1, 0.15) is 18.1 Å². The SMILES string of the molecule is CC(=O)N1CCc2ccn(Cc3ccccc3)c(=O)c21. The number of benzene rings is 1. The van der Waals surface area contributed by atoms with E-state index in [-0.39, 0.29) is 11.5 Å². The molecule has 0 fully saturated rings. The topological polar surface area (TPSA) is 42.3 Å². The summed E-state index contributed by atoms with van der Waals surface area (Å²) in [6.45, 7) is 2.64. The van der Waals surface area contributed by atoms with E-state index in [9.17, 15) is 9.59 Å². The number of anilines is 1. The van der Waals surface area contributed by atoms with Gasteiger partial charge in [0.15, 0.2) is 0 Å². The van der Waals surface area contributed by atoms with E-state index in [2.05, 4.69) is 0 Å². The third-order valence-electron chi connectivity index (χ3n) is 3.67. The highest BCUT2D eigenvalue weighted by Crippen LogP contribution is 2.23. The Morgan fingerprint density at radius 3 is 2.65 bits per heavy atom. The van der Waals surface area contributed by atoms with Gasteiger partial charge in [-0.2, -0.15) is 0 Å². The number of carbonyl (C=O) groups is 1. The fourth-order valence-corrected chi connectivity index (χ4v) is 2.65. The van der Waals surface area contributed by atoms with Gasteiger partial charge in [0.25, 0.3) is 5.56 Å². The summed E-state index contributed by atoms with van der Waals surface area (Å²) in [6, 6.07) is 11.8. The maximum Gasteiger partial charge on any atom is 0.275 e. The van der Waals surface area contributed by atoms with Crippen molar-refractivity contribution >= 4 is 11.6 Å². The molecule has 1 aliphatic rings. The molecular weight excluding hydrogens is 252 g/mol. The lowest BCUT2D eigenvalue weighted by Crippen LogP contribution is -2.33. The lowest BCUT2D eigenvalue weighted by molar-refractivity contribution is -0.116. The summed E-state index contributed by atoms with van der Waals surface area (Å²) in [4.78, 5) is 25.7. The Morgan fingerprint density at radius 1 is 1.20 bits per heavy atom. The molecule has 0 saturated carbocycles. The minimum atomic E-state index is -0.0842. The van der Waals surface area contributed by atoms with Gasteiger partial charge in [0.1, 0.15) is 5.69 Å². The number of carbonyl (C=O) groups excluding carboxylic acids is 1. The predicted octanol–water partition coefficient (Wildman–Crippen LogP) is 1.81. The normalized spacial score (nSPS) is 13.3. The van der Waals surface area contributed by atoms with Gasteiger partial charge >= 0.3 is 0 Å². The van der Waals surface area contributed by atoms with Gasteiger partial charge in [-0.1, -0.05) is 30.3 Å². The van der Waals surface area contributed by atoms with Crippen LogP contribution in [-0.4, -0.2) is 17.0 Å². The molecule has 4 heteroatoms. The number of aromatic nitrogens is 1. The van der Waals surface area contributed by atoms with E-state index in [4.69, 9.17) is 0 Å². The van der Waals surface area contributed by atoms with Crippen LogP contribution in [0, 0.1) is 0 Å². The van der Waals surface area contributed by atoms with Gasteiger partial charge in [-0.25, -0.2) is 0 Å². The van der Waals surface area contributed by atoms with Crippen molar-refractivity contribution in [3.63, 3.8) is 0 Å². The summed E-state index contributed by atoms with van der Waals surface area (Å²) in [5, 5.41) is 0. The Bertz CT molecular complexity index is 704. The van der Waals surface area contributed by atoms with E-state index < -0.39 is 0 Å². The molecule has 2 aromatic rings. The van der Waals surface area contributed by atoms with Crippen molar-refractivity contribution in [2.45, 2.75) is 19.9 Å². The number of amides is 1. The summed E-state index contributed by atoms with van der Waals surface area (Å²) < 4.78 is 1.66. The molecule has 0 saturated heterocycles. The molecule has 0 aliphatic carbocycles. The third-order valence-corrected chi connectivity index (χ3v) is 3.67. The Labute approximate surface area is 117 Å². The van der Waals surface area contributed by atoms with Crippen molar-refractivity contribution in [2.75, 3.05) is 11.4 Å². The summed E-state index contributed by atoms with van der Waals surface area (Å²) >= 11 is 0. The molecule has 0 spiro atoms. The molecule has 4 nitrogen and oxygen atoms in total. The number of nitrogens with zero attached hydrogens (tertiary/aromatic N) is 2. The maximum atomic E-state index is 12.5. The largest absolute Gasteiger partial charge is 0.309 e. The lowest BCUT2D eigenvalue weighted by atomic mass is 10.2. The molecule has 102 valence electrons. The van der Waals surface area contributed by atoms with Crippen LogP contribution in [0.15, 0.2) is 47.4 Å². The second-order valence-electron chi connectivity index (χ2n) is 5.03. The first-order chi connectivity index (χ1) is 9.66. The van der Waals surface area contributed by atoms with Crippen LogP contribution in [0.2, 0.25) is 0 Å². The first kappa shape index (κ1) is 12.7. The standard InChI is InChI=1S/C16H16N2O2/c1-12(19)18-10-8-14-7-9-17(16(20)15(14)18)11-13-5-3-2-4-6-13/h2-7,9H,8,10-11H2,1H3. The van der Waals surface area contributed by atoms with Crippen LogP contribution < -0.4 is 10.5 Å². The average Bonchev–Trinajstić information content (AvgIpc) is 2.88. The van der Waals surface area contributed by atoms with E-state index in [1.807, 2.05) is 42.6 Å². The second kappa shape index (κ2) is 4.96. The average molecular weight is 268 g/mol. The minimum Gasteiger partial charge on any atom is -0.309 e. The molecule has 1 aliphatic heterocycles. The van der Waals surface area contributed by atoms with E-state index in [1.165, 1.54) is 6.92 Å². The van der Waals surface area contributed by atoms with Crippen molar-refractivity contribution < 1.29 is 4.79 Å². The van der Waals surface area contributed by atoms with Crippen molar-refractivity contribution in [1.29, 1.82) is 0 Å². The zero-order valence-corrected chi connectivity index (χ0v) is 11.4. The van der Waals surface area contributed by atoms with E-state index in [1.54, 1.807) is 9.47 Å². The highest BCUT2D eigenvalue weighted by atomic mass is 16.2. The summed E-state index contributed by atoms with van der Waals surface area (Å²) in [6.07, 6.45) is 2.58. The van der Waals surface area contributed by atoms with Gasteiger partial charge in [-0.15, -0.1) is 0 Å². The molecule has 20 heavy (non-hydrogen) atoms. The summed E-state index contributed by atoms with van der Waals surface area (Å²) in [5.41, 5.74) is 2.51. The van der Waals surface area contributed by atoms with Gasteiger partial charge in [0.05, 0.1) is 6.54 Å². The molecule has 1 aromatic carbocycles. The Morgan fingerprint density at radius 2 is 1.95 bits per heavy atom. The fourth-order valence-electron chi connectivity index (χ4n) is 2.65. The van der Waals surface area contributed by atoms with Gasteiger partial charge in [0.2, 0.25) is 5.91 Å². The number of hydrogen-bond acceptors (Lipinski definition) is 2. The highest BCUT2D eigenvalue weighted by Gasteiger charge is 2.26. The molecule has 2 heterocycles. The highest BCUT2D eigenvalue weighted by molar-refractivity contribution is 5.93.